The van der Waals surface area contributed by atoms with Gasteiger partial charge < -0.3 is 15.3 Å². The zero-order valence-electron chi connectivity index (χ0n) is 8.60. The summed E-state index contributed by atoms with van der Waals surface area (Å²) in [5.41, 5.74) is -1.14. The van der Waals surface area contributed by atoms with Gasteiger partial charge in [-0.25, -0.2) is 0 Å². The maximum absolute atomic E-state index is 10.5. The molecule has 0 aliphatic rings. The Hall–Kier alpha value is -0.870. The molecule has 0 aliphatic carbocycles. The molecule has 0 radical (unpaired) electrons. The van der Waals surface area contributed by atoms with Gasteiger partial charge in [0.05, 0.1) is 17.6 Å². The van der Waals surface area contributed by atoms with Crippen molar-refractivity contribution in [2.24, 2.45) is 5.92 Å². The van der Waals surface area contributed by atoms with Crippen LogP contribution in [0.4, 0.5) is 0 Å². The van der Waals surface area contributed by atoms with Crippen molar-refractivity contribution in [2.45, 2.75) is 38.4 Å². The number of hydrogen-bond donors (Lipinski definition) is 3. The van der Waals surface area contributed by atoms with Crippen LogP contribution in [0.25, 0.3) is 0 Å². The van der Waals surface area contributed by atoms with Crippen LogP contribution in [-0.2, 0) is 4.79 Å². The molecule has 0 heterocycles. The first kappa shape index (κ1) is 13.1. The van der Waals surface area contributed by atoms with Gasteiger partial charge in [-0.2, -0.15) is 0 Å². The molecule has 4 heteroatoms. The minimum atomic E-state index is -1.14. The summed E-state index contributed by atoms with van der Waals surface area (Å²) >= 11 is 0. The molecule has 0 aliphatic heterocycles. The molecule has 0 aromatic carbocycles. The maximum atomic E-state index is 10.5. The molecule has 14 heavy (non-hydrogen) atoms. The Kier molecular flexibility index (Phi) is 4.80. The second-order valence-electron chi connectivity index (χ2n) is 3.89. The molecule has 3 N–H and O–H groups in total. The van der Waals surface area contributed by atoms with Crippen molar-refractivity contribution < 1.29 is 20.1 Å². The predicted molar refractivity (Wildman–Crippen MR) is 52.9 cm³/mol. The Morgan fingerprint density at radius 3 is 2.50 bits per heavy atom. The molecule has 0 fully saturated rings. The Morgan fingerprint density at radius 2 is 2.14 bits per heavy atom. The van der Waals surface area contributed by atoms with Crippen molar-refractivity contribution in [2.75, 3.05) is 0 Å². The lowest BCUT2D eigenvalue weighted by Gasteiger charge is -2.23. The molecule has 82 valence electrons. The van der Waals surface area contributed by atoms with Gasteiger partial charge in [0.15, 0.2) is 0 Å². The first-order chi connectivity index (χ1) is 6.28. The fourth-order valence-corrected chi connectivity index (χ4v) is 1.15. The van der Waals surface area contributed by atoms with Crippen molar-refractivity contribution in [3.63, 3.8) is 0 Å². The number of hydrogen-bond acceptors (Lipinski definition) is 3. The smallest absolute Gasteiger partial charge is 0.306 e. The minimum Gasteiger partial charge on any atom is -0.481 e. The highest BCUT2D eigenvalue weighted by molar-refractivity contribution is 5.69. The lowest BCUT2D eigenvalue weighted by Crippen LogP contribution is -2.29. The van der Waals surface area contributed by atoms with Gasteiger partial charge in [0, 0.05) is 6.42 Å². The largest absolute Gasteiger partial charge is 0.481 e. The number of rotatable bonds is 6. The Bertz CT molecular complexity index is 210. The molecule has 3 atom stereocenters. The van der Waals surface area contributed by atoms with Gasteiger partial charge in [0.1, 0.15) is 0 Å². The fraction of sp³-hybridized carbons (Fsp3) is 0.700. The van der Waals surface area contributed by atoms with E-state index in [4.69, 9.17) is 5.11 Å². The molecule has 0 saturated heterocycles. The normalized spacial score (nSPS) is 19.4. The van der Waals surface area contributed by atoms with Crippen molar-refractivity contribution >= 4 is 5.97 Å². The second-order valence-corrected chi connectivity index (χ2v) is 3.89. The van der Waals surface area contributed by atoms with E-state index in [2.05, 4.69) is 6.58 Å². The van der Waals surface area contributed by atoms with Crippen LogP contribution in [-0.4, -0.2) is 33.0 Å². The van der Waals surface area contributed by atoms with Gasteiger partial charge in [0.2, 0.25) is 0 Å². The van der Waals surface area contributed by atoms with E-state index >= 15 is 0 Å². The van der Waals surface area contributed by atoms with Gasteiger partial charge in [-0.15, -0.1) is 6.58 Å². The summed E-state index contributed by atoms with van der Waals surface area (Å²) in [6.45, 7) is 6.47. The number of aliphatic carboxylic acids is 1. The van der Waals surface area contributed by atoms with Crippen LogP contribution in [0.1, 0.15) is 26.7 Å². The molecule has 0 bridgehead atoms. The Labute approximate surface area is 83.9 Å². The first-order valence-corrected chi connectivity index (χ1v) is 4.55. The van der Waals surface area contributed by atoms with E-state index in [1.807, 2.05) is 0 Å². The molecule has 3 unspecified atom stereocenters. The quantitative estimate of drug-likeness (QED) is 0.556. The van der Waals surface area contributed by atoms with Gasteiger partial charge in [-0.1, -0.05) is 13.0 Å². The summed E-state index contributed by atoms with van der Waals surface area (Å²) in [7, 11) is 0. The van der Waals surface area contributed by atoms with E-state index in [-0.39, 0.29) is 12.8 Å². The summed E-state index contributed by atoms with van der Waals surface area (Å²) < 4.78 is 0. The third-order valence-electron chi connectivity index (χ3n) is 2.14. The van der Waals surface area contributed by atoms with E-state index in [1.54, 1.807) is 0 Å². The lowest BCUT2D eigenvalue weighted by atomic mass is 9.93. The van der Waals surface area contributed by atoms with Crippen LogP contribution in [0, 0.1) is 5.92 Å². The van der Waals surface area contributed by atoms with Crippen molar-refractivity contribution in [1.29, 1.82) is 0 Å². The van der Waals surface area contributed by atoms with Crippen molar-refractivity contribution in [3.05, 3.63) is 12.7 Å². The molecule has 0 saturated carbocycles. The summed E-state index contributed by atoms with van der Waals surface area (Å²) in [5.74, 6) is -1.55. The van der Waals surface area contributed by atoms with E-state index in [0.29, 0.717) is 0 Å². The highest BCUT2D eigenvalue weighted by atomic mass is 16.4. The number of aliphatic hydroxyl groups is 2. The number of carboxylic acids is 1. The van der Waals surface area contributed by atoms with Gasteiger partial charge in [0.25, 0.3) is 0 Å². The van der Waals surface area contributed by atoms with Crippen LogP contribution in [0.15, 0.2) is 12.7 Å². The van der Waals surface area contributed by atoms with Crippen LogP contribution in [0.3, 0.4) is 0 Å². The van der Waals surface area contributed by atoms with Crippen LogP contribution < -0.4 is 0 Å². The summed E-state index contributed by atoms with van der Waals surface area (Å²) in [6, 6.07) is 0. The minimum absolute atomic E-state index is 0.105. The third-order valence-corrected chi connectivity index (χ3v) is 2.14. The molecule has 0 aromatic heterocycles. The zero-order valence-corrected chi connectivity index (χ0v) is 8.60. The number of aliphatic hydroxyl groups excluding tert-OH is 1. The van der Waals surface area contributed by atoms with Crippen molar-refractivity contribution in [3.8, 4) is 0 Å². The summed E-state index contributed by atoms with van der Waals surface area (Å²) in [6.07, 6.45) is 0.754. The topological polar surface area (TPSA) is 77.8 Å². The zero-order chi connectivity index (χ0) is 11.4. The predicted octanol–water partition coefficient (Wildman–Crippen LogP) is 0.785. The average Bonchev–Trinajstić information content (AvgIpc) is 2.02. The van der Waals surface area contributed by atoms with Gasteiger partial charge in [-0.3, -0.25) is 4.79 Å². The van der Waals surface area contributed by atoms with Crippen LogP contribution in [0.5, 0.6) is 0 Å². The highest BCUT2D eigenvalue weighted by Crippen LogP contribution is 2.18. The van der Waals surface area contributed by atoms with Gasteiger partial charge >= 0.3 is 5.97 Å². The van der Waals surface area contributed by atoms with Crippen LogP contribution in [0.2, 0.25) is 0 Å². The molecule has 0 spiro atoms. The Morgan fingerprint density at radius 1 is 1.64 bits per heavy atom. The standard InChI is InChI=1S/C10H18O4/c1-4-10(3,14)6-8(11)5-7(2)9(12)13/h4,7-8,11,14H,1,5-6H2,2-3H3,(H,12,13). The molecule has 0 rings (SSSR count). The second kappa shape index (κ2) is 5.12. The summed E-state index contributed by atoms with van der Waals surface area (Å²) in [5, 5.41) is 27.6. The lowest BCUT2D eigenvalue weighted by molar-refractivity contribution is -0.142. The van der Waals surface area contributed by atoms with Crippen LogP contribution >= 0.6 is 0 Å². The Balaban J connectivity index is 4.04. The van der Waals surface area contributed by atoms with E-state index < -0.39 is 23.6 Å². The van der Waals surface area contributed by atoms with E-state index in [9.17, 15) is 15.0 Å². The highest BCUT2D eigenvalue weighted by Gasteiger charge is 2.23. The fourth-order valence-electron chi connectivity index (χ4n) is 1.15. The molecule has 0 amide bonds. The van der Waals surface area contributed by atoms with Crippen molar-refractivity contribution in [1.82, 2.24) is 0 Å². The van der Waals surface area contributed by atoms with E-state index in [1.165, 1.54) is 19.9 Å². The number of carbonyl (C=O) groups is 1. The maximum Gasteiger partial charge on any atom is 0.306 e. The molecular weight excluding hydrogens is 184 g/mol. The van der Waals surface area contributed by atoms with E-state index in [0.717, 1.165) is 0 Å². The SMILES string of the molecule is C=CC(C)(O)CC(O)CC(C)C(=O)O. The molecule has 0 aromatic rings. The first-order valence-electron chi connectivity index (χ1n) is 4.55. The monoisotopic (exact) mass is 202 g/mol. The molecular formula is C10H18O4. The number of carboxylic acid groups (broad SMARTS) is 1. The average molecular weight is 202 g/mol. The summed E-state index contributed by atoms with van der Waals surface area (Å²) in [4.78, 5) is 10.5. The third kappa shape index (κ3) is 4.99. The van der Waals surface area contributed by atoms with Gasteiger partial charge in [-0.05, 0) is 13.3 Å². The molecule has 4 nitrogen and oxygen atoms in total.